The molecule has 0 aliphatic heterocycles. The van der Waals surface area contributed by atoms with Crippen molar-refractivity contribution in [2.75, 3.05) is 0 Å². The summed E-state index contributed by atoms with van der Waals surface area (Å²) < 4.78 is 0. The molecule has 0 heterocycles. The minimum Gasteiger partial charge on any atom is -0.299 e. The average molecular weight is 178 g/mol. The molecule has 0 N–H and O–H groups in total. The van der Waals surface area contributed by atoms with Gasteiger partial charge in [0.25, 0.3) is 0 Å². The number of ketones is 2. The van der Waals surface area contributed by atoms with Crippen LogP contribution in [-0.4, -0.2) is 11.6 Å². The first-order valence-electron chi connectivity index (χ1n) is 5.30. The first kappa shape index (κ1) is 7.72. The van der Waals surface area contributed by atoms with E-state index in [1.54, 1.807) is 0 Å². The van der Waals surface area contributed by atoms with Crippen LogP contribution in [0.2, 0.25) is 0 Å². The second-order valence-electron chi connectivity index (χ2n) is 4.90. The third-order valence-corrected chi connectivity index (χ3v) is 4.42. The Morgan fingerprint density at radius 3 is 2.23 bits per heavy atom. The smallest absolute Gasteiger partial charge is 0.147 e. The lowest BCUT2D eigenvalue weighted by atomic mass is 9.70. The van der Waals surface area contributed by atoms with Crippen LogP contribution >= 0.6 is 0 Å². The van der Waals surface area contributed by atoms with Crippen molar-refractivity contribution >= 4 is 11.6 Å². The van der Waals surface area contributed by atoms with Crippen LogP contribution < -0.4 is 0 Å². The van der Waals surface area contributed by atoms with E-state index in [1.165, 1.54) is 6.42 Å². The Bertz CT molecular complexity index is 276. The Morgan fingerprint density at radius 2 is 1.77 bits per heavy atom. The van der Waals surface area contributed by atoms with Crippen molar-refractivity contribution in [3.8, 4) is 0 Å². The Kier molecular flexibility index (Phi) is 1.32. The van der Waals surface area contributed by atoms with Crippen molar-refractivity contribution in [2.24, 2.45) is 17.3 Å². The summed E-state index contributed by atoms with van der Waals surface area (Å²) in [6, 6.07) is 0. The molecule has 13 heavy (non-hydrogen) atoms. The van der Waals surface area contributed by atoms with Crippen LogP contribution in [0.4, 0.5) is 0 Å². The minimum absolute atomic E-state index is 0.268. The number of hydrogen-bond acceptors (Lipinski definition) is 2. The number of fused-ring (bicyclic) bond motifs is 3. The predicted octanol–water partition coefficient (Wildman–Crippen LogP) is 1.72. The minimum atomic E-state index is -0.455. The summed E-state index contributed by atoms with van der Waals surface area (Å²) >= 11 is 0. The molecule has 2 atom stereocenters. The molecule has 3 aliphatic carbocycles. The van der Waals surface area contributed by atoms with Crippen molar-refractivity contribution < 1.29 is 9.59 Å². The van der Waals surface area contributed by atoms with Crippen LogP contribution in [0.25, 0.3) is 0 Å². The molecule has 1 spiro atoms. The predicted molar refractivity (Wildman–Crippen MR) is 47.1 cm³/mol. The molecule has 0 aromatic rings. The summed E-state index contributed by atoms with van der Waals surface area (Å²) in [5.74, 6) is 1.66. The Balaban J connectivity index is 2.04. The second-order valence-corrected chi connectivity index (χ2v) is 4.90. The van der Waals surface area contributed by atoms with Gasteiger partial charge in [0.15, 0.2) is 0 Å². The highest BCUT2D eigenvalue weighted by molar-refractivity contribution is 6.13. The number of carbonyl (C=O) groups is 2. The first-order chi connectivity index (χ1) is 6.23. The SMILES string of the molecule is O=C1CCC(=O)C12CC1CCC2C1. The lowest BCUT2D eigenvalue weighted by molar-refractivity contribution is -0.138. The maximum atomic E-state index is 11.8. The molecule has 70 valence electrons. The Labute approximate surface area is 77.7 Å². The van der Waals surface area contributed by atoms with E-state index in [2.05, 4.69) is 0 Å². The highest BCUT2D eigenvalue weighted by atomic mass is 16.2. The third-order valence-electron chi connectivity index (χ3n) is 4.42. The van der Waals surface area contributed by atoms with Crippen molar-refractivity contribution in [2.45, 2.75) is 38.5 Å². The molecule has 2 unspecified atom stereocenters. The van der Waals surface area contributed by atoms with E-state index in [0.717, 1.165) is 19.3 Å². The molecule has 3 rings (SSSR count). The zero-order valence-corrected chi connectivity index (χ0v) is 7.71. The summed E-state index contributed by atoms with van der Waals surface area (Å²) in [7, 11) is 0. The van der Waals surface area contributed by atoms with Gasteiger partial charge in [-0.3, -0.25) is 9.59 Å². The highest BCUT2D eigenvalue weighted by Gasteiger charge is 2.61. The van der Waals surface area contributed by atoms with Gasteiger partial charge in [0.1, 0.15) is 11.6 Å². The summed E-state index contributed by atoms with van der Waals surface area (Å²) in [6.07, 6.45) is 5.49. The zero-order chi connectivity index (χ0) is 9.05. The fourth-order valence-corrected chi connectivity index (χ4v) is 3.84. The lowest BCUT2D eigenvalue weighted by Crippen LogP contribution is -2.38. The number of carbonyl (C=O) groups excluding carboxylic acids is 2. The van der Waals surface area contributed by atoms with Crippen molar-refractivity contribution in [3.63, 3.8) is 0 Å². The van der Waals surface area contributed by atoms with Gasteiger partial charge in [0, 0.05) is 12.8 Å². The van der Waals surface area contributed by atoms with E-state index < -0.39 is 5.41 Å². The van der Waals surface area contributed by atoms with Gasteiger partial charge in [-0.2, -0.15) is 0 Å². The fourth-order valence-electron chi connectivity index (χ4n) is 3.84. The van der Waals surface area contributed by atoms with Gasteiger partial charge < -0.3 is 0 Å². The van der Waals surface area contributed by atoms with Crippen LogP contribution in [-0.2, 0) is 9.59 Å². The van der Waals surface area contributed by atoms with Gasteiger partial charge in [-0.15, -0.1) is 0 Å². The summed E-state index contributed by atoms with van der Waals surface area (Å²) in [5, 5.41) is 0. The molecular weight excluding hydrogens is 164 g/mol. The molecule has 0 aromatic carbocycles. The third kappa shape index (κ3) is 0.749. The van der Waals surface area contributed by atoms with Gasteiger partial charge in [-0.05, 0) is 31.1 Å². The normalized spacial score (nSPS) is 40.9. The van der Waals surface area contributed by atoms with Gasteiger partial charge in [0.2, 0.25) is 0 Å². The monoisotopic (exact) mass is 178 g/mol. The maximum Gasteiger partial charge on any atom is 0.147 e. The zero-order valence-electron chi connectivity index (χ0n) is 7.71. The van der Waals surface area contributed by atoms with E-state index in [0.29, 0.717) is 24.7 Å². The van der Waals surface area contributed by atoms with Crippen LogP contribution in [0.1, 0.15) is 38.5 Å². The van der Waals surface area contributed by atoms with E-state index in [9.17, 15) is 9.59 Å². The Morgan fingerprint density at radius 1 is 1.08 bits per heavy atom. The molecular formula is C11H14O2. The Hall–Kier alpha value is -0.660. The number of rotatable bonds is 0. The van der Waals surface area contributed by atoms with Crippen molar-refractivity contribution in [3.05, 3.63) is 0 Å². The quantitative estimate of drug-likeness (QED) is 0.529. The topological polar surface area (TPSA) is 34.1 Å². The largest absolute Gasteiger partial charge is 0.299 e. The second kappa shape index (κ2) is 2.23. The van der Waals surface area contributed by atoms with Gasteiger partial charge in [-0.25, -0.2) is 0 Å². The molecule has 0 radical (unpaired) electrons. The molecule has 2 bridgehead atoms. The fraction of sp³-hybridized carbons (Fsp3) is 0.818. The molecule has 3 saturated carbocycles. The lowest BCUT2D eigenvalue weighted by Gasteiger charge is -2.30. The van der Waals surface area contributed by atoms with Crippen molar-refractivity contribution in [1.29, 1.82) is 0 Å². The van der Waals surface area contributed by atoms with Crippen LogP contribution in [0.3, 0.4) is 0 Å². The summed E-state index contributed by atoms with van der Waals surface area (Å²) in [5.41, 5.74) is -0.455. The van der Waals surface area contributed by atoms with Gasteiger partial charge >= 0.3 is 0 Å². The van der Waals surface area contributed by atoms with E-state index in [-0.39, 0.29) is 11.6 Å². The van der Waals surface area contributed by atoms with Gasteiger partial charge in [0.05, 0.1) is 5.41 Å². The van der Waals surface area contributed by atoms with Crippen LogP contribution in [0.15, 0.2) is 0 Å². The molecule has 0 saturated heterocycles. The molecule has 3 aliphatic rings. The standard InChI is InChI=1S/C11H14O2/c12-9-3-4-10(13)11(9)6-7-1-2-8(11)5-7/h7-8H,1-6H2. The summed E-state index contributed by atoms with van der Waals surface area (Å²) in [6.45, 7) is 0. The number of hydrogen-bond donors (Lipinski definition) is 0. The molecule has 2 heteroatoms. The van der Waals surface area contributed by atoms with Crippen molar-refractivity contribution in [1.82, 2.24) is 0 Å². The van der Waals surface area contributed by atoms with E-state index in [4.69, 9.17) is 0 Å². The number of Topliss-reactive ketones (excluding diaryl/α,β-unsaturated/α-hetero) is 2. The average Bonchev–Trinajstić information content (AvgIpc) is 2.77. The van der Waals surface area contributed by atoms with E-state index >= 15 is 0 Å². The van der Waals surface area contributed by atoms with Crippen LogP contribution in [0, 0.1) is 17.3 Å². The summed E-state index contributed by atoms with van der Waals surface area (Å²) in [4.78, 5) is 23.6. The first-order valence-corrected chi connectivity index (χ1v) is 5.30. The van der Waals surface area contributed by atoms with Gasteiger partial charge in [-0.1, -0.05) is 6.42 Å². The molecule has 2 nitrogen and oxygen atoms in total. The van der Waals surface area contributed by atoms with Crippen LogP contribution in [0.5, 0.6) is 0 Å². The van der Waals surface area contributed by atoms with E-state index in [1.807, 2.05) is 0 Å². The highest BCUT2D eigenvalue weighted by Crippen LogP contribution is 2.59. The molecule has 3 fully saturated rings. The maximum absolute atomic E-state index is 11.8. The molecule has 0 aromatic heterocycles. The molecule has 0 amide bonds.